The maximum absolute atomic E-state index is 12.6. The van der Waals surface area contributed by atoms with Crippen molar-refractivity contribution in [1.82, 2.24) is 19.9 Å². The van der Waals surface area contributed by atoms with Gasteiger partial charge >= 0.3 is 0 Å². The van der Waals surface area contributed by atoms with Gasteiger partial charge in [-0.1, -0.05) is 24.3 Å². The van der Waals surface area contributed by atoms with Crippen LogP contribution in [-0.4, -0.2) is 34.5 Å². The molecular weight excluding hydrogens is 370 g/mol. The number of anilines is 1. The van der Waals surface area contributed by atoms with Gasteiger partial charge in [0.1, 0.15) is 12.2 Å². The average molecular weight is 392 g/mol. The monoisotopic (exact) mass is 391 g/mol. The highest BCUT2D eigenvalue weighted by Gasteiger charge is 2.16. The first kappa shape index (κ1) is 18.2. The van der Waals surface area contributed by atoms with Gasteiger partial charge in [0.15, 0.2) is 5.82 Å². The van der Waals surface area contributed by atoms with Gasteiger partial charge in [-0.2, -0.15) is 0 Å². The number of benzene rings is 2. The van der Waals surface area contributed by atoms with E-state index in [1.54, 1.807) is 5.51 Å². The summed E-state index contributed by atoms with van der Waals surface area (Å²) in [6, 6.07) is 16.0. The van der Waals surface area contributed by atoms with E-state index in [1.807, 2.05) is 77.5 Å². The van der Waals surface area contributed by atoms with Crippen LogP contribution in [-0.2, 0) is 17.9 Å². The lowest BCUT2D eigenvalue weighted by atomic mass is 10.2. The van der Waals surface area contributed by atoms with Gasteiger partial charge < -0.3 is 14.8 Å². The van der Waals surface area contributed by atoms with Crippen molar-refractivity contribution in [3.63, 3.8) is 0 Å². The smallest absolute Gasteiger partial charge is 0.240 e. The molecule has 0 spiro atoms. The molecule has 28 heavy (non-hydrogen) atoms. The fourth-order valence-electron chi connectivity index (χ4n) is 3.07. The molecule has 0 aliphatic carbocycles. The summed E-state index contributed by atoms with van der Waals surface area (Å²) in [7, 11) is 4.01. The van der Waals surface area contributed by atoms with E-state index in [-0.39, 0.29) is 12.5 Å². The summed E-state index contributed by atoms with van der Waals surface area (Å²) < 4.78 is 1.93. The quantitative estimate of drug-likeness (QED) is 0.546. The molecule has 0 saturated heterocycles. The van der Waals surface area contributed by atoms with Crippen molar-refractivity contribution in [3.05, 3.63) is 65.0 Å². The van der Waals surface area contributed by atoms with Crippen LogP contribution < -0.4 is 10.2 Å². The van der Waals surface area contributed by atoms with E-state index < -0.39 is 0 Å². The van der Waals surface area contributed by atoms with Crippen LogP contribution in [0.2, 0.25) is 0 Å². The molecule has 7 heteroatoms. The molecule has 0 bridgehead atoms. The van der Waals surface area contributed by atoms with E-state index in [2.05, 4.69) is 15.3 Å². The van der Waals surface area contributed by atoms with Crippen LogP contribution >= 0.6 is 11.3 Å². The lowest BCUT2D eigenvalue weighted by molar-refractivity contribution is -0.121. The molecule has 1 N–H and O–H groups in total. The van der Waals surface area contributed by atoms with E-state index in [1.165, 1.54) is 11.3 Å². The predicted octanol–water partition coefficient (Wildman–Crippen LogP) is 3.54. The van der Waals surface area contributed by atoms with Crippen LogP contribution in [0.5, 0.6) is 0 Å². The second kappa shape index (κ2) is 7.82. The molecule has 0 saturated carbocycles. The summed E-state index contributed by atoms with van der Waals surface area (Å²) in [5, 5.41) is 4.95. The van der Waals surface area contributed by atoms with Crippen molar-refractivity contribution in [1.29, 1.82) is 0 Å². The molecule has 0 unspecified atom stereocenters. The molecule has 4 rings (SSSR count). The Kier molecular flexibility index (Phi) is 5.08. The van der Waals surface area contributed by atoms with Crippen LogP contribution in [0.1, 0.15) is 5.56 Å². The van der Waals surface area contributed by atoms with Crippen LogP contribution in [0, 0.1) is 0 Å². The summed E-state index contributed by atoms with van der Waals surface area (Å²) in [4.78, 5) is 23.7. The van der Waals surface area contributed by atoms with E-state index >= 15 is 0 Å². The normalized spacial score (nSPS) is 10.9. The number of hydrogen-bond acceptors (Lipinski definition) is 5. The number of para-hydroxylation sites is 2. The van der Waals surface area contributed by atoms with E-state index in [4.69, 9.17) is 0 Å². The Morgan fingerprint density at radius 3 is 2.64 bits per heavy atom. The molecule has 2 heterocycles. The molecular formula is C21H21N5OS. The molecule has 4 aromatic rings. The van der Waals surface area contributed by atoms with Crippen molar-refractivity contribution in [2.75, 3.05) is 19.0 Å². The molecule has 0 aliphatic heterocycles. The Bertz CT molecular complexity index is 1080. The van der Waals surface area contributed by atoms with Crippen molar-refractivity contribution in [2.24, 2.45) is 0 Å². The van der Waals surface area contributed by atoms with E-state index in [0.29, 0.717) is 12.4 Å². The maximum Gasteiger partial charge on any atom is 0.240 e. The Morgan fingerprint density at radius 2 is 1.93 bits per heavy atom. The zero-order valence-electron chi connectivity index (χ0n) is 15.8. The largest absolute Gasteiger partial charge is 0.378 e. The number of carbonyl (C=O) groups is 1. The minimum atomic E-state index is -0.0590. The maximum atomic E-state index is 12.6. The Balaban J connectivity index is 1.51. The molecule has 2 aromatic carbocycles. The Morgan fingerprint density at radius 1 is 1.14 bits per heavy atom. The number of amides is 1. The summed E-state index contributed by atoms with van der Waals surface area (Å²) >= 11 is 1.51. The predicted molar refractivity (Wildman–Crippen MR) is 113 cm³/mol. The highest BCUT2D eigenvalue weighted by Crippen LogP contribution is 2.24. The van der Waals surface area contributed by atoms with Gasteiger partial charge in [-0.3, -0.25) is 4.79 Å². The minimum absolute atomic E-state index is 0.0590. The second-order valence-electron chi connectivity index (χ2n) is 6.72. The van der Waals surface area contributed by atoms with Gasteiger partial charge in [-0.25, -0.2) is 9.97 Å². The fourth-order valence-corrected chi connectivity index (χ4v) is 3.60. The zero-order chi connectivity index (χ0) is 19.5. The van der Waals surface area contributed by atoms with Gasteiger partial charge in [0.2, 0.25) is 5.91 Å². The van der Waals surface area contributed by atoms with Crippen LogP contribution in [0.4, 0.5) is 5.69 Å². The Hall–Kier alpha value is -3.19. The highest BCUT2D eigenvalue weighted by molar-refractivity contribution is 7.07. The van der Waals surface area contributed by atoms with Gasteiger partial charge in [0.25, 0.3) is 0 Å². The van der Waals surface area contributed by atoms with Crippen molar-refractivity contribution in [3.8, 4) is 11.5 Å². The third kappa shape index (κ3) is 3.75. The van der Waals surface area contributed by atoms with Gasteiger partial charge in [0, 0.05) is 31.7 Å². The molecule has 0 fully saturated rings. The van der Waals surface area contributed by atoms with E-state index in [9.17, 15) is 4.79 Å². The third-order valence-electron chi connectivity index (χ3n) is 4.56. The molecule has 0 aliphatic rings. The summed E-state index contributed by atoms with van der Waals surface area (Å²) in [6.45, 7) is 0.689. The number of rotatable bonds is 6. The van der Waals surface area contributed by atoms with Gasteiger partial charge in [0.05, 0.1) is 16.5 Å². The summed E-state index contributed by atoms with van der Waals surface area (Å²) in [5.41, 5.74) is 6.54. The van der Waals surface area contributed by atoms with E-state index in [0.717, 1.165) is 28.0 Å². The lowest BCUT2D eigenvalue weighted by Crippen LogP contribution is -2.27. The van der Waals surface area contributed by atoms with Crippen molar-refractivity contribution < 1.29 is 4.79 Å². The van der Waals surface area contributed by atoms with Gasteiger partial charge in [-0.05, 0) is 29.8 Å². The first-order valence-corrected chi connectivity index (χ1v) is 9.93. The first-order chi connectivity index (χ1) is 13.6. The lowest BCUT2D eigenvalue weighted by Gasteiger charge is -2.13. The number of thiazole rings is 1. The highest BCUT2D eigenvalue weighted by atomic mass is 32.1. The zero-order valence-corrected chi connectivity index (χ0v) is 16.6. The van der Waals surface area contributed by atoms with Crippen molar-refractivity contribution in [2.45, 2.75) is 13.1 Å². The molecule has 6 nitrogen and oxygen atoms in total. The van der Waals surface area contributed by atoms with Crippen LogP contribution in [0.3, 0.4) is 0 Å². The molecule has 1 amide bonds. The SMILES string of the molecule is CN(C)c1ccc(CNC(=O)Cn2c(-c3cscn3)nc3ccccc32)cc1. The third-order valence-corrected chi connectivity index (χ3v) is 5.15. The number of carbonyl (C=O) groups excluding carboxylic acids is 1. The Labute approximate surface area is 167 Å². The summed E-state index contributed by atoms with van der Waals surface area (Å²) in [6.07, 6.45) is 0. The molecule has 0 radical (unpaired) electrons. The van der Waals surface area contributed by atoms with Gasteiger partial charge in [-0.15, -0.1) is 11.3 Å². The number of fused-ring (bicyclic) bond motifs is 1. The standard InChI is InChI=1S/C21H21N5OS/c1-25(2)16-9-7-15(8-10-16)11-22-20(27)12-26-19-6-4-3-5-17(19)24-21(26)18-13-28-14-23-18/h3-10,13-14H,11-12H2,1-2H3,(H,22,27). The number of nitrogens with zero attached hydrogens (tertiary/aromatic N) is 4. The second-order valence-corrected chi connectivity index (χ2v) is 7.44. The topological polar surface area (TPSA) is 63.1 Å². The average Bonchev–Trinajstić information content (AvgIpc) is 3.35. The van der Waals surface area contributed by atoms with Crippen LogP contribution in [0.25, 0.3) is 22.6 Å². The summed E-state index contributed by atoms with van der Waals surface area (Å²) in [5.74, 6) is 0.657. The van der Waals surface area contributed by atoms with Crippen molar-refractivity contribution >= 4 is 34.0 Å². The number of nitrogens with one attached hydrogen (secondary N) is 1. The molecule has 142 valence electrons. The number of hydrogen-bond donors (Lipinski definition) is 1. The minimum Gasteiger partial charge on any atom is -0.378 e. The fraction of sp³-hybridized carbons (Fsp3) is 0.190. The first-order valence-electron chi connectivity index (χ1n) is 8.98. The molecule has 2 aromatic heterocycles. The number of imidazole rings is 1. The molecule has 0 atom stereocenters. The number of aromatic nitrogens is 3. The van der Waals surface area contributed by atoms with Crippen LogP contribution in [0.15, 0.2) is 59.4 Å².